The summed E-state index contributed by atoms with van der Waals surface area (Å²) in [6.07, 6.45) is 4.95. The van der Waals surface area contributed by atoms with Crippen LogP contribution in [0.4, 0.5) is 13.2 Å². The highest BCUT2D eigenvalue weighted by Crippen LogP contribution is 2.28. The van der Waals surface area contributed by atoms with Crippen molar-refractivity contribution in [2.75, 3.05) is 0 Å². The van der Waals surface area contributed by atoms with Crippen LogP contribution in [0.3, 0.4) is 0 Å². The van der Waals surface area contributed by atoms with E-state index in [9.17, 15) is 23.1 Å². The van der Waals surface area contributed by atoms with Gasteiger partial charge in [0.1, 0.15) is 11.6 Å². The van der Waals surface area contributed by atoms with Crippen molar-refractivity contribution in [2.45, 2.75) is 44.4 Å². The first-order valence-electron chi connectivity index (χ1n) is 9.50. The number of nitrogens with zero attached hydrogens (tertiary/aromatic N) is 2. The number of fused-ring (bicyclic) bond motifs is 1. The monoisotopic (exact) mass is 403 g/mol. The van der Waals surface area contributed by atoms with Crippen molar-refractivity contribution >= 4 is 16.8 Å². The molecule has 2 heterocycles. The number of carbonyl (C=O) groups excluding carboxylic acids is 1. The minimum atomic E-state index is -0.726. The van der Waals surface area contributed by atoms with Crippen LogP contribution in [-0.2, 0) is 6.54 Å². The Bertz CT molecular complexity index is 1070. The van der Waals surface area contributed by atoms with Crippen molar-refractivity contribution in [1.82, 2.24) is 14.9 Å². The average Bonchev–Trinajstić information content (AvgIpc) is 3.07. The number of hydrogen-bond donors (Lipinski definition) is 2. The Morgan fingerprint density at radius 1 is 1.17 bits per heavy atom. The van der Waals surface area contributed by atoms with Crippen LogP contribution in [0.25, 0.3) is 10.9 Å². The number of amides is 1. The van der Waals surface area contributed by atoms with Crippen molar-refractivity contribution in [3.05, 3.63) is 65.4 Å². The van der Waals surface area contributed by atoms with Crippen molar-refractivity contribution in [3.8, 4) is 0 Å². The molecule has 2 aromatic heterocycles. The molecule has 0 spiro atoms. The van der Waals surface area contributed by atoms with Gasteiger partial charge in [0.15, 0.2) is 0 Å². The van der Waals surface area contributed by atoms with E-state index in [-0.39, 0.29) is 23.0 Å². The van der Waals surface area contributed by atoms with Gasteiger partial charge in [0.25, 0.3) is 5.91 Å². The predicted molar refractivity (Wildman–Crippen MR) is 101 cm³/mol. The Morgan fingerprint density at radius 2 is 1.93 bits per heavy atom. The summed E-state index contributed by atoms with van der Waals surface area (Å²) in [5.74, 6) is -2.68. The van der Waals surface area contributed by atoms with Crippen LogP contribution in [0.15, 0.2) is 36.7 Å². The second-order valence-corrected chi connectivity index (χ2v) is 7.34. The van der Waals surface area contributed by atoms with Crippen LogP contribution in [0, 0.1) is 17.6 Å². The van der Waals surface area contributed by atoms with E-state index in [4.69, 9.17) is 0 Å². The molecule has 0 saturated heterocycles. The zero-order valence-corrected chi connectivity index (χ0v) is 15.5. The number of pyridine rings is 1. The molecular formula is C21H20F3N3O2. The lowest BCUT2D eigenvalue weighted by Crippen LogP contribution is -2.45. The zero-order chi connectivity index (χ0) is 20.5. The van der Waals surface area contributed by atoms with Gasteiger partial charge < -0.3 is 15.0 Å². The van der Waals surface area contributed by atoms with E-state index in [2.05, 4.69) is 10.3 Å². The average molecular weight is 403 g/mol. The van der Waals surface area contributed by atoms with E-state index >= 15 is 0 Å². The number of aliphatic hydroxyl groups is 1. The molecule has 1 aliphatic rings. The first-order chi connectivity index (χ1) is 13.9. The summed E-state index contributed by atoms with van der Waals surface area (Å²) in [5, 5.41) is 12.7. The Labute approximate surface area is 165 Å². The quantitative estimate of drug-likeness (QED) is 0.655. The molecule has 5 nitrogen and oxygen atoms in total. The number of aliphatic hydroxyl groups excluding tert-OH is 1. The van der Waals surface area contributed by atoms with Crippen molar-refractivity contribution in [2.24, 2.45) is 0 Å². The highest BCUT2D eigenvalue weighted by molar-refractivity contribution is 6.07. The molecule has 1 amide bonds. The van der Waals surface area contributed by atoms with Crippen molar-refractivity contribution in [1.29, 1.82) is 0 Å². The van der Waals surface area contributed by atoms with E-state index in [0.717, 1.165) is 25.0 Å². The molecule has 152 valence electrons. The molecule has 1 aliphatic carbocycles. The van der Waals surface area contributed by atoms with Gasteiger partial charge in [0, 0.05) is 18.9 Å². The summed E-state index contributed by atoms with van der Waals surface area (Å²) in [6, 6.07) is 4.29. The number of hydrogen-bond acceptors (Lipinski definition) is 3. The second kappa shape index (κ2) is 7.87. The molecule has 8 heteroatoms. The molecule has 4 rings (SSSR count). The maximum atomic E-state index is 14.6. The third-order valence-corrected chi connectivity index (χ3v) is 5.35. The molecule has 3 aromatic rings. The van der Waals surface area contributed by atoms with Gasteiger partial charge in [-0.15, -0.1) is 0 Å². The molecule has 0 aliphatic heterocycles. The molecule has 29 heavy (non-hydrogen) atoms. The molecule has 2 N–H and O–H groups in total. The number of carbonyl (C=O) groups is 1. The number of benzene rings is 1. The van der Waals surface area contributed by atoms with Gasteiger partial charge in [-0.3, -0.25) is 4.79 Å². The molecule has 2 atom stereocenters. The minimum Gasteiger partial charge on any atom is -0.391 e. The molecule has 1 fully saturated rings. The van der Waals surface area contributed by atoms with Crippen molar-refractivity contribution < 1.29 is 23.1 Å². The van der Waals surface area contributed by atoms with Crippen LogP contribution >= 0.6 is 0 Å². The maximum Gasteiger partial charge on any atom is 0.253 e. The fourth-order valence-electron chi connectivity index (χ4n) is 3.92. The van der Waals surface area contributed by atoms with Crippen molar-refractivity contribution in [3.63, 3.8) is 0 Å². The van der Waals surface area contributed by atoms with Gasteiger partial charge in [-0.05, 0) is 42.7 Å². The highest BCUT2D eigenvalue weighted by atomic mass is 19.1. The van der Waals surface area contributed by atoms with Gasteiger partial charge in [-0.2, -0.15) is 4.39 Å². The largest absolute Gasteiger partial charge is 0.391 e. The lowest BCUT2D eigenvalue weighted by Gasteiger charge is -2.28. The fourth-order valence-corrected chi connectivity index (χ4v) is 3.92. The summed E-state index contributed by atoms with van der Waals surface area (Å²) in [7, 11) is 0. The highest BCUT2D eigenvalue weighted by Gasteiger charge is 2.27. The van der Waals surface area contributed by atoms with Gasteiger partial charge >= 0.3 is 0 Å². The van der Waals surface area contributed by atoms with Crippen LogP contribution in [0.1, 0.15) is 41.6 Å². The van der Waals surface area contributed by atoms with Gasteiger partial charge in [-0.25, -0.2) is 13.8 Å². The maximum absolute atomic E-state index is 14.6. The number of nitrogens with one attached hydrogen (secondary N) is 1. The molecular weight excluding hydrogens is 383 g/mol. The first-order valence-corrected chi connectivity index (χ1v) is 9.50. The van der Waals surface area contributed by atoms with Gasteiger partial charge in [0.05, 0.1) is 28.6 Å². The van der Waals surface area contributed by atoms with E-state index in [0.29, 0.717) is 18.4 Å². The zero-order valence-electron chi connectivity index (χ0n) is 15.5. The Morgan fingerprint density at radius 3 is 2.69 bits per heavy atom. The Kier molecular flexibility index (Phi) is 5.27. The molecule has 1 saturated carbocycles. The summed E-state index contributed by atoms with van der Waals surface area (Å²) in [6.45, 7) is 0.0373. The first kappa shape index (κ1) is 19.4. The molecule has 1 aromatic carbocycles. The number of halogens is 3. The summed E-state index contributed by atoms with van der Waals surface area (Å²) >= 11 is 0. The normalized spacial score (nSPS) is 19.4. The molecule has 0 unspecified atom stereocenters. The molecule has 0 radical (unpaired) electrons. The SMILES string of the molecule is O=C(N[C@H]1CCCC[C@@H]1O)c1cn(Cc2ccnc(F)c2)c2c(F)ccc(F)c12. The second-order valence-electron chi connectivity index (χ2n) is 7.34. The Hall–Kier alpha value is -2.87. The van der Waals surface area contributed by atoms with Gasteiger partial charge in [-0.1, -0.05) is 12.8 Å². The Balaban J connectivity index is 1.74. The lowest BCUT2D eigenvalue weighted by atomic mass is 9.92. The fraction of sp³-hybridized carbons (Fsp3) is 0.333. The van der Waals surface area contributed by atoms with Crippen LogP contribution < -0.4 is 5.32 Å². The van der Waals surface area contributed by atoms with Crippen LogP contribution in [0.2, 0.25) is 0 Å². The van der Waals surface area contributed by atoms with E-state index < -0.39 is 35.6 Å². The predicted octanol–water partition coefficient (Wildman–Crippen LogP) is 3.54. The number of aromatic nitrogens is 2. The third-order valence-electron chi connectivity index (χ3n) is 5.35. The molecule has 0 bridgehead atoms. The smallest absolute Gasteiger partial charge is 0.253 e. The van der Waals surface area contributed by atoms with Crippen LogP contribution in [0.5, 0.6) is 0 Å². The van der Waals surface area contributed by atoms with E-state index in [1.54, 1.807) is 6.07 Å². The number of rotatable bonds is 4. The van der Waals surface area contributed by atoms with Crippen LogP contribution in [-0.4, -0.2) is 32.7 Å². The summed E-state index contributed by atoms with van der Waals surface area (Å²) in [4.78, 5) is 16.3. The lowest BCUT2D eigenvalue weighted by molar-refractivity contribution is 0.0718. The minimum absolute atomic E-state index is 0.0238. The third kappa shape index (κ3) is 3.85. The standard InChI is InChI=1S/C21H20F3N3O2/c22-14-5-6-15(23)20-19(14)13(21(29)26-16-3-1-2-4-17(16)28)11-27(20)10-12-7-8-25-18(24)9-12/h5-9,11,16-17,28H,1-4,10H2,(H,26,29)/t16-,17-/m0/s1. The summed E-state index contributed by atoms with van der Waals surface area (Å²) < 4.78 is 43.9. The van der Waals surface area contributed by atoms with E-state index in [1.807, 2.05) is 0 Å². The van der Waals surface area contributed by atoms with E-state index in [1.165, 1.54) is 23.0 Å². The summed E-state index contributed by atoms with van der Waals surface area (Å²) in [5.41, 5.74) is 0.397. The van der Waals surface area contributed by atoms with Gasteiger partial charge in [0.2, 0.25) is 5.95 Å². The topological polar surface area (TPSA) is 67.2 Å².